The molecule has 2 aliphatic carbocycles. The lowest BCUT2D eigenvalue weighted by atomic mass is 9.91. The first-order valence-electron chi connectivity index (χ1n) is 17.6. The standard InChI is InChI=1S/C20H31N.C13H17N.C7H15Br.H2/c1-15(2)8-5-6-11-21-13-18-19(14-21)20(18,4)17-10-7-9-16(3)12-17;1-9-4-3-5-10(6-9)13(2)11-7-14-8-12(11)13;1-7(2)5-3-4-6-8;/h7,9-10,12,15,18-19H,5-6,8,11,13-14H2,1-4H3;3-6,11-12,14H,7-8H2,1-2H3;7H,3-6H2,1-2H3;1H. The molecule has 0 bridgehead atoms. The molecule has 2 aliphatic heterocycles. The van der Waals surface area contributed by atoms with Crippen LogP contribution in [0.3, 0.4) is 0 Å². The van der Waals surface area contributed by atoms with Gasteiger partial charge in [-0.05, 0) is 93.0 Å². The van der Waals surface area contributed by atoms with Crippen molar-refractivity contribution in [2.45, 2.75) is 105 Å². The predicted octanol–water partition coefficient (Wildman–Crippen LogP) is 10.2. The minimum atomic E-state index is 0. The monoisotopic (exact) mass is 652 g/mol. The topological polar surface area (TPSA) is 15.3 Å². The number of fused-ring (bicyclic) bond motifs is 2. The first-order chi connectivity index (χ1) is 20.5. The quantitative estimate of drug-likeness (QED) is 0.192. The molecule has 6 rings (SSSR count). The van der Waals surface area contributed by atoms with Gasteiger partial charge < -0.3 is 10.2 Å². The lowest BCUT2D eigenvalue weighted by Gasteiger charge is -2.24. The van der Waals surface area contributed by atoms with Crippen LogP contribution in [0, 0.1) is 49.4 Å². The Hall–Kier alpha value is -1.16. The zero-order valence-corrected chi connectivity index (χ0v) is 30.5. The summed E-state index contributed by atoms with van der Waals surface area (Å²) >= 11 is 3.40. The minimum absolute atomic E-state index is 0. The van der Waals surface area contributed by atoms with Crippen LogP contribution in [0.5, 0.6) is 0 Å². The van der Waals surface area contributed by atoms with Crippen molar-refractivity contribution in [2.24, 2.45) is 35.5 Å². The number of benzene rings is 2. The average Bonchev–Trinajstić information content (AvgIpc) is 3.45. The second-order valence-electron chi connectivity index (χ2n) is 15.6. The van der Waals surface area contributed by atoms with E-state index in [0.29, 0.717) is 10.8 Å². The van der Waals surface area contributed by atoms with E-state index in [1.54, 1.807) is 11.1 Å². The number of aryl methyl sites for hydroxylation is 2. The average molecular weight is 654 g/mol. The molecular formula is C40H65BrN2. The number of rotatable bonds is 11. The normalized spacial score (nSPS) is 30.3. The van der Waals surface area contributed by atoms with Crippen molar-refractivity contribution in [3.63, 3.8) is 0 Å². The van der Waals surface area contributed by atoms with E-state index in [1.807, 2.05) is 0 Å². The van der Waals surface area contributed by atoms with Gasteiger partial charge in [-0.3, -0.25) is 0 Å². The van der Waals surface area contributed by atoms with Crippen LogP contribution in [0.1, 0.15) is 104 Å². The molecule has 4 fully saturated rings. The van der Waals surface area contributed by atoms with Crippen molar-refractivity contribution in [3.05, 3.63) is 70.8 Å². The van der Waals surface area contributed by atoms with Gasteiger partial charge in [0.15, 0.2) is 0 Å². The number of alkyl halides is 1. The van der Waals surface area contributed by atoms with E-state index < -0.39 is 0 Å². The molecule has 2 nitrogen and oxygen atoms in total. The maximum Gasteiger partial charge on any atom is 0.00313 e. The van der Waals surface area contributed by atoms with Crippen molar-refractivity contribution >= 4 is 15.9 Å². The minimum Gasteiger partial charge on any atom is -0.316 e. The summed E-state index contributed by atoms with van der Waals surface area (Å²) in [6.07, 6.45) is 8.27. The first kappa shape index (κ1) is 34.7. The number of halogens is 1. The van der Waals surface area contributed by atoms with Gasteiger partial charge in [0.05, 0.1) is 0 Å². The molecule has 1 N–H and O–H groups in total. The maximum atomic E-state index is 3.46. The Morgan fingerprint density at radius 3 is 1.65 bits per heavy atom. The summed E-state index contributed by atoms with van der Waals surface area (Å²) in [6.45, 7) is 24.9. The number of hydrogen-bond acceptors (Lipinski definition) is 2. The molecule has 4 aliphatic rings. The lowest BCUT2D eigenvalue weighted by Crippen LogP contribution is -2.29. The van der Waals surface area contributed by atoms with E-state index in [2.05, 4.69) is 130 Å². The third-order valence-corrected chi connectivity index (χ3v) is 12.0. The fraction of sp³-hybridized carbons (Fsp3) is 0.700. The highest BCUT2D eigenvalue weighted by Gasteiger charge is 2.65. The summed E-state index contributed by atoms with van der Waals surface area (Å²) < 4.78 is 0. The van der Waals surface area contributed by atoms with Crippen molar-refractivity contribution in [2.75, 3.05) is 38.1 Å². The Labute approximate surface area is 275 Å². The molecular weight excluding hydrogens is 588 g/mol. The van der Waals surface area contributed by atoms with Crippen molar-refractivity contribution in [3.8, 4) is 0 Å². The molecule has 0 aromatic heterocycles. The number of unbranched alkanes of at least 4 members (excludes halogenated alkanes) is 2. The molecule has 2 saturated carbocycles. The number of nitrogens with one attached hydrogen (secondary N) is 1. The fourth-order valence-corrected chi connectivity index (χ4v) is 8.69. The molecule has 0 amide bonds. The van der Waals surface area contributed by atoms with Crippen LogP contribution >= 0.6 is 15.9 Å². The van der Waals surface area contributed by atoms with Crippen LogP contribution in [-0.4, -0.2) is 43.0 Å². The summed E-state index contributed by atoms with van der Waals surface area (Å²) in [4.78, 5) is 2.72. The smallest absolute Gasteiger partial charge is 0.00313 e. The molecule has 2 saturated heterocycles. The van der Waals surface area contributed by atoms with Gasteiger partial charge in [-0.1, -0.05) is 143 Å². The first-order valence-corrected chi connectivity index (χ1v) is 18.8. The van der Waals surface area contributed by atoms with E-state index >= 15 is 0 Å². The number of likely N-dealkylation sites (tertiary alicyclic amines) is 1. The van der Waals surface area contributed by atoms with E-state index in [4.69, 9.17) is 0 Å². The fourth-order valence-electron chi connectivity index (χ4n) is 8.30. The number of piperidine rings is 2. The molecule has 0 radical (unpaired) electrons. The molecule has 4 atom stereocenters. The van der Waals surface area contributed by atoms with Crippen LogP contribution < -0.4 is 5.32 Å². The van der Waals surface area contributed by atoms with Gasteiger partial charge in [-0.2, -0.15) is 0 Å². The van der Waals surface area contributed by atoms with Crippen molar-refractivity contribution < 1.29 is 1.43 Å². The van der Waals surface area contributed by atoms with Gasteiger partial charge in [0.1, 0.15) is 0 Å². The van der Waals surface area contributed by atoms with Crippen LogP contribution in [-0.2, 0) is 10.8 Å². The molecule has 0 spiro atoms. The lowest BCUT2D eigenvalue weighted by molar-refractivity contribution is 0.269. The van der Waals surface area contributed by atoms with E-state index in [9.17, 15) is 0 Å². The summed E-state index contributed by atoms with van der Waals surface area (Å²) in [5.74, 6) is 5.35. The SMILES string of the molecule is CC(C)CCCCBr.Cc1cccc(C2(C)C3CN(CCCCC(C)C)CC32)c1.Cc1cccc(C2(C)C3CNCC32)c1.[HH]. The molecule has 2 aromatic carbocycles. The van der Waals surface area contributed by atoms with E-state index in [1.165, 1.54) is 87.7 Å². The molecule has 3 heteroatoms. The second kappa shape index (κ2) is 15.4. The van der Waals surface area contributed by atoms with Gasteiger partial charge >= 0.3 is 0 Å². The maximum absolute atomic E-state index is 3.46. The highest BCUT2D eigenvalue weighted by molar-refractivity contribution is 9.09. The van der Waals surface area contributed by atoms with Crippen molar-refractivity contribution in [1.82, 2.24) is 10.2 Å². The largest absolute Gasteiger partial charge is 0.316 e. The zero-order valence-electron chi connectivity index (χ0n) is 28.9. The Kier molecular flexibility index (Phi) is 12.4. The molecule has 2 heterocycles. The van der Waals surface area contributed by atoms with Gasteiger partial charge in [0, 0.05) is 30.7 Å². The third-order valence-electron chi connectivity index (χ3n) is 11.4. The van der Waals surface area contributed by atoms with Crippen LogP contribution in [0.15, 0.2) is 48.5 Å². The molecule has 4 unspecified atom stereocenters. The van der Waals surface area contributed by atoms with Gasteiger partial charge in [0.2, 0.25) is 0 Å². The van der Waals surface area contributed by atoms with Gasteiger partial charge in [-0.15, -0.1) is 0 Å². The Morgan fingerprint density at radius 1 is 0.744 bits per heavy atom. The third kappa shape index (κ3) is 8.56. The summed E-state index contributed by atoms with van der Waals surface area (Å²) in [5.41, 5.74) is 6.88. The summed E-state index contributed by atoms with van der Waals surface area (Å²) in [6, 6.07) is 18.2. The molecule has 43 heavy (non-hydrogen) atoms. The second-order valence-corrected chi connectivity index (χ2v) is 16.4. The molecule has 2 aromatic rings. The Balaban J connectivity index is 0.000000199. The predicted molar refractivity (Wildman–Crippen MR) is 194 cm³/mol. The van der Waals surface area contributed by atoms with Crippen LogP contribution in [0.2, 0.25) is 0 Å². The zero-order chi connectivity index (χ0) is 31.2. The van der Waals surface area contributed by atoms with Gasteiger partial charge in [-0.25, -0.2) is 0 Å². The van der Waals surface area contributed by atoms with E-state index in [-0.39, 0.29) is 1.43 Å². The Bertz CT molecular complexity index is 1120. The highest BCUT2D eigenvalue weighted by Crippen LogP contribution is 2.63. The number of nitrogens with zero attached hydrogens (tertiary/aromatic N) is 1. The van der Waals surface area contributed by atoms with Crippen molar-refractivity contribution in [1.29, 1.82) is 0 Å². The summed E-state index contributed by atoms with van der Waals surface area (Å²) in [7, 11) is 0. The van der Waals surface area contributed by atoms with Crippen LogP contribution in [0.25, 0.3) is 0 Å². The van der Waals surface area contributed by atoms with E-state index in [0.717, 1.165) is 35.5 Å². The summed E-state index contributed by atoms with van der Waals surface area (Å²) in [5, 5.41) is 4.63. The van der Waals surface area contributed by atoms with Crippen LogP contribution in [0.4, 0.5) is 0 Å². The number of hydrogen-bond donors (Lipinski definition) is 1. The molecule has 242 valence electrons. The Morgan fingerprint density at radius 2 is 1.21 bits per heavy atom. The van der Waals surface area contributed by atoms with Gasteiger partial charge in [0.25, 0.3) is 0 Å². The highest BCUT2D eigenvalue weighted by atomic mass is 79.9.